The molecule has 1 aromatic rings. The predicted octanol–water partition coefficient (Wildman–Crippen LogP) is 4.31. The lowest BCUT2D eigenvalue weighted by Gasteiger charge is -2.42. The normalized spacial score (nSPS) is 22.4. The smallest absolute Gasteiger partial charge is 0.437 e. The average molecular weight is 435 g/mol. The van der Waals surface area contributed by atoms with Crippen LogP contribution in [0.25, 0.3) is 5.57 Å². The third kappa shape index (κ3) is 4.09. The van der Waals surface area contributed by atoms with E-state index in [4.69, 9.17) is 21.1 Å². The molecule has 0 saturated heterocycles. The molecule has 7 nitrogen and oxygen atoms in total. The number of ether oxygens (including phenoxy) is 3. The number of aryl methyl sites for hydroxylation is 1. The fraction of sp³-hybridized carbons (Fsp3) is 0.500. The molecule has 8 heteroatoms. The minimum atomic E-state index is -1.10. The summed E-state index contributed by atoms with van der Waals surface area (Å²) in [5, 5.41) is 0. The molecule has 3 rings (SSSR count). The van der Waals surface area contributed by atoms with Gasteiger partial charge in [-0.25, -0.2) is 4.79 Å². The van der Waals surface area contributed by atoms with Crippen molar-refractivity contribution < 1.29 is 23.8 Å². The van der Waals surface area contributed by atoms with Crippen LogP contribution in [0.3, 0.4) is 0 Å². The molecule has 2 aliphatic heterocycles. The Morgan fingerprint density at radius 2 is 2.00 bits per heavy atom. The highest BCUT2D eigenvalue weighted by atomic mass is 35.5. The molecule has 0 aliphatic carbocycles. The topological polar surface area (TPSA) is 77.4 Å². The highest BCUT2D eigenvalue weighted by molar-refractivity contribution is 6.26. The van der Waals surface area contributed by atoms with E-state index < -0.39 is 17.4 Å². The number of hydrogen-bond acceptors (Lipinski definition) is 7. The van der Waals surface area contributed by atoms with Crippen LogP contribution in [0.5, 0.6) is 0 Å². The van der Waals surface area contributed by atoms with E-state index in [2.05, 4.69) is 9.73 Å². The van der Waals surface area contributed by atoms with Gasteiger partial charge in [-0.1, -0.05) is 24.6 Å². The number of carbonyl (C=O) groups excluding carboxylic acids is 2. The lowest BCUT2D eigenvalue weighted by Crippen LogP contribution is -2.50. The number of halogens is 1. The highest BCUT2D eigenvalue weighted by Gasteiger charge is 2.49. The van der Waals surface area contributed by atoms with Gasteiger partial charge in [-0.2, -0.15) is 0 Å². The molecule has 0 spiro atoms. The molecule has 0 saturated carbocycles. The first-order valence-corrected chi connectivity index (χ1v) is 10.3. The number of aliphatic imine (C=N–C) groups is 1. The summed E-state index contributed by atoms with van der Waals surface area (Å²) in [6, 6.07) is 5.83. The van der Waals surface area contributed by atoms with Gasteiger partial charge in [-0.3, -0.25) is 9.79 Å². The van der Waals surface area contributed by atoms with Crippen LogP contribution in [0.4, 0.5) is 10.5 Å². The zero-order valence-corrected chi connectivity index (χ0v) is 18.9. The molecule has 0 N–H and O–H groups in total. The van der Waals surface area contributed by atoms with E-state index in [1.165, 1.54) is 7.11 Å². The molecule has 162 valence electrons. The van der Waals surface area contributed by atoms with Crippen molar-refractivity contribution in [2.75, 3.05) is 18.6 Å². The molecule has 1 aromatic carbocycles. The van der Waals surface area contributed by atoms with Gasteiger partial charge in [-0.05, 0) is 57.4 Å². The summed E-state index contributed by atoms with van der Waals surface area (Å²) in [7, 11) is 1.22. The van der Waals surface area contributed by atoms with Crippen molar-refractivity contribution in [3.63, 3.8) is 0 Å². The van der Waals surface area contributed by atoms with Crippen molar-refractivity contribution in [3.05, 3.63) is 35.1 Å². The second-order valence-corrected chi connectivity index (χ2v) is 8.76. The van der Waals surface area contributed by atoms with Gasteiger partial charge >= 0.3 is 6.16 Å². The van der Waals surface area contributed by atoms with Crippen molar-refractivity contribution >= 4 is 41.1 Å². The predicted molar refractivity (Wildman–Crippen MR) is 116 cm³/mol. The monoisotopic (exact) mass is 434 g/mol. The number of alkyl halides is 1. The summed E-state index contributed by atoms with van der Waals surface area (Å²) in [6.07, 6.45) is 1.46. The molecular weight excluding hydrogens is 408 g/mol. The SMILES string of the molecule is CCc1ccc(N2C=NC(Cl)C2)cc1C1=C(OC(=O)OC)C(C)(C)OC(C)(C)C1=O. The third-order valence-electron chi connectivity index (χ3n) is 5.20. The summed E-state index contributed by atoms with van der Waals surface area (Å²) in [6.45, 7) is 9.50. The van der Waals surface area contributed by atoms with Crippen LogP contribution < -0.4 is 4.90 Å². The molecule has 2 heterocycles. The van der Waals surface area contributed by atoms with Crippen molar-refractivity contribution in [2.24, 2.45) is 4.99 Å². The molecule has 0 amide bonds. The number of ketones is 1. The van der Waals surface area contributed by atoms with Crippen LogP contribution in [0.1, 0.15) is 45.7 Å². The summed E-state index contributed by atoms with van der Waals surface area (Å²) >= 11 is 6.11. The van der Waals surface area contributed by atoms with E-state index in [-0.39, 0.29) is 17.0 Å². The van der Waals surface area contributed by atoms with E-state index in [9.17, 15) is 9.59 Å². The van der Waals surface area contributed by atoms with E-state index >= 15 is 0 Å². The number of nitrogens with zero attached hydrogens (tertiary/aromatic N) is 2. The molecule has 0 radical (unpaired) electrons. The zero-order valence-electron chi connectivity index (χ0n) is 18.1. The number of hydrogen-bond donors (Lipinski definition) is 0. The van der Waals surface area contributed by atoms with Crippen LogP contribution in [-0.4, -0.2) is 48.6 Å². The number of carbonyl (C=O) groups is 2. The Bertz CT molecular complexity index is 935. The third-order valence-corrected chi connectivity index (χ3v) is 5.45. The summed E-state index contributed by atoms with van der Waals surface area (Å²) < 4.78 is 16.2. The van der Waals surface area contributed by atoms with Crippen LogP contribution in [0, 0.1) is 0 Å². The Kier molecular flexibility index (Phi) is 5.98. The van der Waals surface area contributed by atoms with Gasteiger partial charge in [0, 0.05) is 5.69 Å². The van der Waals surface area contributed by atoms with Crippen molar-refractivity contribution in [1.82, 2.24) is 0 Å². The number of methoxy groups -OCH3 is 1. The lowest BCUT2D eigenvalue weighted by atomic mass is 9.81. The largest absolute Gasteiger partial charge is 0.513 e. The first kappa shape index (κ1) is 22.3. The van der Waals surface area contributed by atoms with E-state index in [0.29, 0.717) is 24.1 Å². The maximum Gasteiger partial charge on any atom is 0.513 e. The van der Waals surface area contributed by atoms with Crippen LogP contribution >= 0.6 is 11.6 Å². The molecule has 30 heavy (non-hydrogen) atoms. The lowest BCUT2D eigenvalue weighted by molar-refractivity contribution is -0.158. The maximum absolute atomic E-state index is 13.5. The molecule has 1 atom stereocenters. The minimum absolute atomic E-state index is 0.135. The van der Waals surface area contributed by atoms with Crippen LogP contribution in [0.2, 0.25) is 0 Å². The molecule has 1 unspecified atom stereocenters. The molecule has 2 aliphatic rings. The van der Waals surface area contributed by atoms with Gasteiger partial charge < -0.3 is 19.1 Å². The number of benzene rings is 1. The quantitative estimate of drug-likeness (QED) is 0.399. The van der Waals surface area contributed by atoms with Gasteiger partial charge in [0.15, 0.2) is 11.5 Å². The minimum Gasteiger partial charge on any atom is -0.437 e. The second kappa shape index (κ2) is 8.04. The fourth-order valence-corrected chi connectivity index (χ4v) is 4.04. The number of anilines is 1. The van der Waals surface area contributed by atoms with Gasteiger partial charge in [0.25, 0.3) is 0 Å². The van der Waals surface area contributed by atoms with Gasteiger partial charge in [0.1, 0.15) is 16.7 Å². The van der Waals surface area contributed by atoms with Gasteiger partial charge in [-0.15, -0.1) is 0 Å². The van der Waals surface area contributed by atoms with E-state index in [0.717, 1.165) is 11.3 Å². The van der Waals surface area contributed by atoms with E-state index in [1.54, 1.807) is 34.0 Å². The molecule has 0 aromatic heterocycles. The fourth-order valence-electron chi connectivity index (χ4n) is 3.84. The summed E-state index contributed by atoms with van der Waals surface area (Å²) in [5.74, 6) is -0.131. The Hall–Kier alpha value is -2.38. The summed E-state index contributed by atoms with van der Waals surface area (Å²) in [5.41, 5.74) is 0.347. The highest BCUT2D eigenvalue weighted by Crippen LogP contribution is 2.43. The molecule has 0 bridgehead atoms. The van der Waals surface area contributed by atoms with Crippen molar-refractivity contribution in [2.45, 2.75) is 57.7 Å². The van der Waals surface area contributed by atoms with Crippen molar-refractivity contribution in [1.29, 1.82) is 0 Å². The Labute approximate surface area is 181 Å². The van der Waals surface area contributed by atoms with Gasteiger partial charge in [0.05, 0.1) is 25.6 Å². The van der Waals surface area contributed by atoms with Gasteiger partial charge in [0.2, 0.25) is 0 Å². The Morgan fingerprint density at radius 1 is 1.30 bits per heavy atom. The van der Waals surface area contributed by atoms with Crippen LogP contribution in [0.15, 0.2) is 29.0 Å². The van der Waals surface area contributed by atoms with Crippen LogP contribution in [-0.2, 0) is 25.4 Å². The first-order chi connectivity index (χ1) is 14.0. The Balaban J connectivity index is 2.25. The molecule has 0 fully saturated rings. The first-order valence-electron chi connectivity index (χ1n) is 9.83. The number of Topliss-reactive ketones (excluding diaryl/α,β-unsaturated/α-hetero) is 1. The summed E-state index contributed by atoms with van der Waals surface area (Å²) in [4.78, 5) is 31.6. The second-order valence-electron chi connectivity index (χ2n) is 8.26. The van der Waals surface area contributed by atoms with Crippen molar-refractivity contribution in [3.8, 4) is 0 Å². The van der Waals surface area contributed by atoms with E-state index in [1.807, 2.05) is 30.0 Å². The maximum atomic E-state index is 13.5. The average Bonchev–Trinajstić information content (AvgIpc) is 3.11. The Morgan fingerprint density at radius 3 is 2.57 bits per heavy atom. The zero-order chi connectivity index (χ0) is 22.3. The standard InChI is InChI=1S/C22H27ClN2O5/c1-7-13-8-9-14(25-11-16(23)24-12-25)10-15(13)17-18(26)21(2,3)30-22(4,5)19(17)29-20(27)28-6/h8-10,12,16H,7,11H2,1-6H3. The molecular formula is C22H27ClN2O5. The number of rotatable bonds is 4.